The van der Waals surface area contributed by atoms with Gasteiger partial charge in [0.25, 0.3) is 10.0 Å². The van der Waals surface area contributed by atoms with E-state index in [9.17, 15) is 8.42 Å². The Labute approximate surface area is 115 Å². The van der Waals surface area contributed by atoms with Gasteiger partial charge in [0.15, 0.2) is 11.5 Å². The molecule has 1 aliphatic rings. The van der Waals surface area contributed by atoms with Crippen LogP contribution in [0.3, 0.4) is 0 Å². The molecular formula is C12H11N3O4S. The molecule has 20 heavy (non-hydrogen) atoms. The maximum atomic E-state index is 12.2. The minimum absolute atomic E-state index is 0.0549. The maximum Gasteiger partial charge on any atom is 0.265 e. The Balaban J connectivity index is 1.93. The number of aromatic nitrogens is 1. The van der Waals surface area contributed by atoms with Crippen LogP contribution in [0, 0.1) is 0 Å². The number of rotatable bonds is 3. The molecule has 3 rings (SSSR count). The molecule has 0 aliphatic carbocycles. The third kappa shape index (κ3) is 2.21. The molecule has 2 heterocycles. The third-order valence-corrected chi connectivity index (χ3v) is 4.14. The van der Waals surface area contributed by atoms with Crippen LogP contribution >= 0.6 is 0 Å². The molecule has 3 N–H and O–H groups in total. The summed E-state index contributed by atoms with van der Waals surface area (Å²) in [5, 5.41) is 0. The van der Waals surface area contributed by atoms with Gasteiger partial charge >= 0.3 is 0 Å². The number of fused-ring (bicyclic) bond motifs is 1. The number of anilines is 2. The molecule has 8 heteroatoms. The molecule has 7 nitrogen and oxygen atoms in total. The molecule has 1 aromatic heterocycles. The first-order valence-corrected chi connectivity index (χ1v) is 7.17. The number of hydrogen-bond donors (Lipinski definition) is 2. The fourth-order valence-electron chi connectivity index (χ4n) is 1.80. The average Bonchev–Trinajstić information content (AvgIpc) is 2.86. The van der Waals surface area contributed by atoms with E-state index in [1.807, 2.05) is 0 Å². The summed E-state index contributed by atoms with van der Waals surface area (Å²) in [4.78, 5) is 3.69. The van der Waals surface area contributed by atoms with Gasteiger partial charge in [-0.15, -0.1) is 0 Å². The van der Waals surface area contributed by atoms with Crippen molar-refractivity contribution in [1.82, 2.24) is 4.98 Å². The van der Waals surface area contributed by atoms with Crippen molar-refractivity contribution >= 4 is 21.5 Å². The molecule has 1 aromatic carbocycles. The Morgan fingerprint density at radius 1 is 1.20 bits per heavy atom. The highest BCUT2D eigenvalue weighted by Gasteiger charge is 2.20. The Hall–Kier alpha value is -2.48. The second-order valence-corrected chi connectivity index (χ2v) is 5.71. The zero-order chi connectivity index (χ0) is 14.2. The molecule has 0 amide bonds. The van der Waals surface area contributed by atoms with Crippen molar-refractivity contribution in [2.75, 3.05) is 17.2 Å². The van der Waals surface area contributed by atoms with E-state index in [4.69, 9.17) is 15.2 Å². The van der Waals surface area contributed by atoms with Crippen LogP contribution in [0.1, 0.15) is 0 Å². The van der Waals surface area contributed by atoms with Crippen molar-refractivity contribution in [2.45, 2.75) is 4.90 Å². The van der Waals surface area contributed by atoms with Crippen molar-refractivity contribution in [2.24, 2.45) is 0 Å². The zero-order valence-electron chi connectivity index (χ0n) is 10.2. The number of nitrogens with two attached hydrogens (primary N) is 1. The maximum absolute atomic E-state index is 12.2. The van der Waals surface area contributed by atoms with Crippen molar-refractivity contribution in [1.29, 1.82) is 0 Å². The van der Waals surface area contributed by atoms with Crippen LogP contribution in [0.25, 0.3) is 0 Å². The molecule has 0 atom stereocenters. The molecule has 0 fully saturated rings. The van der Waals surface area contributed by atoms with Crippen LogP contribution in [-0.2, 0) is 10.0 Å². The van der Waals surface area contributed by atoms with E-state index in [1.54, 1.807) is 18.2 Å². The van der Waals surface area contributed by atoms with Gasteiger partial charge in [0, 0.05) is 12.3 Å². The number of nitrogens with zero attached hydrogens (tertiary/aromatic N) is 1. The number of pyridine rings is 1. The van der Waals surface area contributed by atoms with Crippen LogP contribution in [0.15, 0.2) is 41.4 Å². The standard InChI is InChI=1S/C12H11N3O4S/c13-12-11(2-1-5-14-12)20(16,17)15-8-3-4-9-10(6-8)19-7-18-9/h1-6,15H,7H2,(H2,13,14). The van der Waals surface area contributed by atoms with Crippen LogP contribution in [0.2, 0.25) is 0 Å². The number of nitrogens with one attached hydrogen (secondary N) is 1. The predicted octanol–water partition coefficient (Wildman–Crippen LogP) is 1.19. The van der Waals surface area contributed by atoms with E-state index >= 15 is 0 Å². The molecule has 0 saturated heterocycles. The molecule has 1 aliphatic heterocycles. The predicted molar refractivity (Wildman–Crippen MR) is 72.0 cm³/mol. The SMILES string of the molecule is Nc1ncccc1S(=O)(=O)Nc1ccc2c(c1)OCO2. The Morgan fingerprint density at radius 2 is 2.00 bits per heavy atom. The second kappa shape index (κ2) is 4.57. The highest BCUT2D eigenvalue weighted by Crippen LogP contribution is 2.34. The fourth-order valence-corrected chi connectivity index (χ4v) is 2.93. The van der Waals surface area contributed by atoms with Crippen LogP contribution in [0.4, 0.5) is 11.5 Å². The summed E-state index contributed by atoms with van der Waals surface area (Å²) in [6, 6.07) is 7.65. The third-order valence-electron chi connectivity index (χ3n) is 2.71. The van der Waals surface area contributed by atoms with Crippen LogP contribution in [-0.4, -0.2) is 20.2 Å². The largest absolute Gasteiger partial charge is 0.454 e. The van der Waals surface area contributed by atoms with E-state index < -0.39 is 10.0 Å². The first-order chi connectivity index (χ1) is 9.56. The number of sulfonamides is 1. The van der Waals surface area contributed by atoms with E-state index in [1.165, 1.54) is 18.3 Å². The molecule has 0 unspecified atom stereocenters. The number of nitrogen functional groups attached to an aromatic ring is 1. The molecule has 0 spiro atoms. The number of ether oxygens (including phenoxy) is 2. The van der Waals surface area contributed by atoms with Crippen LogP contribution < -0.4 is 19.9 Å². The van der Waals surface area contributed by atoms with Gasteiger partial charge in [-0.05, 0) is 24.3 Å². The minimum Gasteiger partial charge on any atom is -0.454 e. The highest BCUT2D eigenvalue weighted by molar-refractivity contribution is 7.92. The van der Waals surface area contributed by atoms with Gasteiger partial charge in [0.2, 0.25) is 6.79 Å². The van der Waals surface area contributed by atoms with E-state index in [2.05, 4.69) is 9.71 Å². The Kier molecular flexibility index (Phi) is 2.87. The average molecular weight is 293 g/mol. The number of hydrogen-bond acceptors (Lipinski definition) is 6. The van der Waals surface area contributed by atoms with Gasteiger partial charge in [0.05, 0.1) is 5.69 Å². The molecule has 104 valence electrons. The van der Waals surface area contributed by atoms with E-state index in [0.29, 0.717) is 17.2 Å². The fraction of sp³-hybridized carbons (Fsp3) is 0.0833. The summed E-state index contributed by atoms with van der Waals surface area (Å²) < 4.78 is 37.2. The van der Waals surface area contributed by atoms with Crippen molar-refractivity contribution < 1.29 is 17.9 Å². The summed E-state index contributed by atoms with van der Waals surface area (Å²) in [6.45, 7) is 0.126. The molecule has 0 saturated carbocycles. The van der Waals surface area contributed by atoms with Gasteiger partial charge in [-0.25, -0.2) is 13.4 Å². The van der Waals surface area contributed by atoms with Gasteiger partial charge in [-0.2, -0.15) is 0 Å². The zero-order valence-corrected chi connectivity index (χ0v) is 11.1. The second-order valence-electron chi connectivity index (χ2n) is 4.06. The van der Waals surface area contributed by atoms with Crippen LogP contribution in [0.5, 0.6) is 11.5 Å². The Morgan fingerprint density at radius 3 is 2.80 bits per heavy atom. The molecule has 0 radical (unpaired) electrons. The van der Waals surface area contributed by atoms with E-state index in [0.717, 1.165) is 0 Å². The smallest absolute Gasteiger partial charge is 0.265 e. The lowest BCUT2D eigenvalue weighted by molar-refractivity contribution is 0.174. The molecule has 2 aromatic rings. The lowest BCUT2D eigenvalue weighted by Crippen LogP contribution is -2.15. The molecular weight excluding hydrogens is 282 g/mol. The first-order valence-electron chi connectivity index (χ1n) is 5.69. The van der Waals surface area contributed by atoms with Gasteiger partial charge < -0.3 is 15.2 Å². The lowest BCUT2D eigenvalue weighted by Gasteiger charge is -2.09. The summed E-state index contributed by atoms with van der Waals surface area (Å²) in [5.74, 6) is 1.01. The van der Waals surface area contributed by atoms with Crippen molar-refractivity contribution in [3.63, 3.8) is 0 Å². The number of benzene rings is 1. The van der Waals surface area contributed by atoms with Crippen molar-refractivity contribution in [3.05, 3.63) is 36.5 Å². The van der Waals surface area contributed by atoms with Gasteiger partial charge in [-0.1, -0.05) is 0 Å². The normalized spacial score (nSPS) is 13.2. The van der Waals surface area contributed by atoms with E-state index in [-0.39, 0.29) is 17.5 Å². The summed E-state index contributed by atoms with van der Waals surface area (Å²) in [7, 11) is -3.80. The topological polar surface area (TPSA) is 104 Å². The van der Waals surface area contributed by atoms with Gasteiger partial charge in [-0.3, -0.25) is 4.72 Å². The van der Waals surface area contributed by atoms with Crippen molar-refractivity contribution in [3.8, 4) is 11.5 Å². The molecule has 0 bridgehead atoms. The lowest BCUT2D eigenvalue weighted by atomic mass is 10.3. The minimum atomic E-state index is -3.80. The Bertz CT molecular complexity index is 761. The highest BCUT2D eigenvalue weighted by atomic mass is 32.2. The first kappa shape index (κ1) is 12.5. The summed E-state index contributed by atoms with van der Waals surface area (Å²) in [5.41, 5.74) is 5.93. The monoisotopic (exact) mass is 293 g/mol. The van der Waals surface area contributed by atoms with Gasteiger partial charge in [0.1, 0.15) is 10.7 Å². The quantitative estimate of drug-likeness (QED) is 0.881. The summed E-state index contributed by atoms with van der Waals surface area (Å²) >= 11 is 0. The summed E-state index contributed by atoms with van der Waals surface area (Å²) in [6.07, 6.45) is 1.43.